The number of para-hydroxylation sites is 1. The van der Waals surface area contributed by atoms with Crippen LogP contribution >= 0.6 is 0 Å². The van der Waals surface area contributed by atoms with Crippen molar-refractivity contribution in [3.8, 4) is 16.9 Å². The fraction of sp³-hybridized carbons (Fsp3) is 0.273. The molecule has 1 aromatic rings. The summed E-state index contributed by atoms with van der Waals surface area (Å²) in [7, 11) is -1.74. The van der Waals surface area contributed by atoms with Gasteiger partial charge in [-0.1, -0.05) is 12.1 Å². The summed E-state index contributed by atoms with van der Waals surface area (Å²) in [6, 6.07) is 5.42. The van der Waals surface area contributed by atoms with Crippen molar-refractivity contribution >= 4 is 9.84 Å². The molecule has 15 heavy (non-hydrogen) atoms. The summed E-state index contributed by atoms with van der Waals surface area (Å²) in [5, 5.41) is 2.18. The first kappa shape index (κ1) is 11.6. The van der Waals surface area contributed by atoms with Gasteiger partial charge < -0.3 is 4.74 Å². The number of hydrogen-bond donors (Lipinski definition) is 0. The maximum Gasteiger partial charge on any atom is 0.214 e. The third-order valence-electron chi connectivity index (χ3n) is 1.79. The monoisotopic (exact) mass is 224 g/mol. The second-order valence-electron chi connectivity index (χ2n) is 3.15. The Labute approximate surface area is 90.0 Å². The minimum Gasteiger partial charge on any atom is -0.495 e. The summed E-state index contributed by atoms with van der Waals surface area (Å²) in [6.45, 7) is 1.88. The van der Waals surface area contributed by atoms with Crippen LogP contribution < -0.4 is 4.74 Å². The van der Waals surface area contributed by atoms with Gasteiger partial charge in [0.2, 0.25) is 9.84 Å². The smallest absolute Gasteiger partial charge is 0.214 e. The van der Waals surface area contributed by atoms with Gasteiger partial charge >= 0.3 is 0 Å². The van der Waals surface area contributed by atoms with E-state index >= 15 is 0 Å². The molecule has 0 amide bonds. The largest absolute Gasteiger partial charge is 0.495 e. The van der Waals surface area contributed by atoms with Crippen LogP contribution in [0.2, 0.25) is 0 Å². The van der Waals surface area contributed by atoms with E-state index in [0.717, 1.165) is 11.8 Å². The predicted octanol–water partition coefficient (Wildman–Crippen LogP) is 1.36. The van der Waals surface area contributed by atoms with Gasteiger partial charge in [0.1, 0.15) is 5.75 Å². The molecule has 0 heterocycles. The molecule has 0 aromatic heterocycles. The molecule has 0 saturated heterocycles. The van der Waals surface area contributed by atoms with E-state index in [1.165, 1.54) is 7.11 Å². The van der Waals surface area contributed by atoms with Crippen LogP contribution in [-0.2, 0) is 9.84 Å². The normalized spacial score (nSPS) is 10.3. The summed E-state index contributed by atoms with van der Waals surface area (Å²) in [5.74, 6) is 3.20. The first-order valence-electron chi connectivity index (χ1n) is 4.30. The molecule has 0 spiro atoms. The minimum atomic E-state index is -3.28. The first-order chi connectivity index (χ1) is 6.94. The third kappa shape index (κ3) is 3.30. The lowest BCUT2D eigenvalue weighted by Crippen LogP contribution is -1.93. The van der Waals surface area contributed by atoms with Crippen molar-refractivity contribution in [2.45, 2.75) is 6.92 Å². The molecule has 0 bridgehead atoms. The zero-order valence-corrected chi connectivity index (χ0v) is 9.68. The lowest BCUT2D eigenvalue weighted by atomic mass is 10.1. The number of hydrogen-bond acceptors (Lipinski definition) is 3. The van der Waals surface area contributed by atoms with Crippen LogP contribution in [0.3, 0.4) is 0 Å². The maximum absolute atomic E-state index is 10.9. The molecular formula is C11H12O3S. The molecule has 0 aliphatic heterocycles. The Hall–Kier alpha value is -1.47. The van der Waals surface area contributed by atoms with E-state index in [0.29, 0.717) is 11.3 Å². The number of ether oxygens (including phenoxy) is 1. The highest BCUT2D eigenvalue weighted by Gasteiger charge is 2.03. The molecule has 0 aliphatic rings. The molecule has 0 saturated carbocycles. The molecule has 1 rings (SSSR count). The summed E-state index contributed by atoms with van der Waals surface area (Å²) >= 11 is 0. The van der Waals surface area contributed by atoms with Crippen LogP contribution in [0.15, 0.2) is 18.2 Å². The van der Waals surface area contributed by atoms with E-state index < -0.39 is 9.84 Å². The van der Waals surface area contributed by atoms with Crippen LogP contribution in [0.1, 0.15) is 11.1 Å². The Kier molecular flexibility index (Phi) is 3.38. The van der Waals surface area contributed by atoms with Crippen molar-refractivity contribution in [1.82, 2.24) is 0 Å². The minimum absolute atomic E-state index is 0.586. The molecule has 0 radical (unpaired) electrons. The Morgan fingerprint density at radius 2 is 2.00 bits per heavy atom. The van der Waals surface area contributed by atoms with E-state index in [1.807, 2.05) is 19.1 Å². The second kappa shape index (κ2) is 4.37. The number of benzene rings is 1. The molecule has 0 atom stereocenters. The molecule has 0 fully saturated rings. The number of aryl methyl sites for hydroxylation is 1. The highest BCUT2D eigenvalue weighted by Crippen LogP contribution is 2.21. The van der Waals surface area contributed by atoms with Gasteiger partial charge in [0, 0.05) is 5.25 Å². The fourth-order valence-corrected chi connectivity index (χ4v) is 1.46. The molecule has 0 aliphatic carbocycles. The van der Waals surface area contributed by atoms with Gasteiger partial charge in [0.05, 0.1) is 18.9 Å². The van der Waals surface area contributed by atoms with E-state index in [4.69, 9.17) is 4.74 Å². The van der Waals surface area contributed by atoms with Crippen LogP contribution in [0, 0.1) is 18.1 Å². The van der Waals surface area contributed by atoms with Crippen molar-refractivity contribution in [3.05, 3.63) is 29.3 Å². The first-order valence-corrected chi connectivity index (χ1v) is 6.19. The molecule has 0 N–H and O–H groups in total. The van der Waals surface area contributed by atoms with Crippen LogP contribution in [0.4, 0.5) is 0 Å². The highest BCUT2D eigenvalue weighted by atomic mass is 32.2. The lowest BCUT2D eigenvalue weighted by Gasteiger charge is -2.05. The standard InChI is InChI=1S/C11H12O3S/c1-9-5-4-6-10(11(9)14-2)7-8-15(3,12)13/h4-6H,1-3H3. The molecule has 3 nitrogen and oxygen atoms in total. The van der Waals surface area contributed by atoms with Crippen LogP contribution in [0.25, 0.3) is 0 Å². The second-order valence-corrected chi connectivity index (χ2v) is 4.90. The topological polar surface area (TPSA) is 43.4 Å². The van der Waals surface area contributed by atoms with Gasteiger partial charge in [-0.3, -0.25) is 0 Å². The van der Waals surface area contributed by atoms with Gasteiger partial charge in [0.25, 0.3) is 0 Å². The predicted molar refractivity (Wildman–Crippen MR) is 59.5 cm³/mol. The summed E-state index contributed by atoms with van der Waals surface area (Å²) in [5.41, 5.74) is 1.51. The number of methoxy groups -OCH3 is 1. The summed E-state index contributed by atoms with van der Waals surface area (Å²) in [4.78, 5) is 0. The highest BCUT2D eigenvalue weighted by molar-refractivity contribution is 7.95. The average Bonchev–Trinajstić information content (AvgIpc) is 2.13. The van der Waals surface area contributed by atoms with E-state index in [-0.39, 0.29) is 0 Å². The van der Waals surface area contributed by atoms with Gasteiger partial charge in [-0.2, -0.15) is 0 Å². The van der Waals surface area contributed by atoms with Crippen molar-refractivity contribution < 1.29 is 13.2 Å². The quantitative estimate of drug-likeness (QED) is 0.676. The summed E-state index contributed by atoms with van der Waals surface area (Å²) < 4.78 is 26.9. The van der Waals surface area contributed by atoms with Gasteiger partial charge in [0.15, 0.2) is 0 Å². The molecule has 1 aromatic carbocycles. The van der Waals surface area contributed by atoms with Crippen LogP contribution in [-0.4, -0.2) is 21.8 Å². The molecule has 4 heteroatoms. The number of sulfone groups is 1. The van der Waals surface area contributed by atoms with Crippen molar-refractivity contribution in [2.75, 3.05) is 13.4 Å². The van der Waals surface area contributed by atoms with E-state index in [1.54, 1.807) is 6.07 Å². The Morgan fingerprint density at radius 3 is 2.53 bits per heavy atom. The zero-order valence-electron chi connectivity index (χ0n) is 8.87. The molecular weight excluding hydrogens is 212 g/mol. The third-order valence-corrected chi connectivity index (χ3v) is 2.26. The molecule has 0 unspecified atom stereocenters. The Morgan fingerprint density at radius 1 is 1.33 bits per heavy atom. The molecule has 80 valence electrons. The Bertz CT molecular complexity index is 518. The fourth-order valence-electron chi connectivity index (χ4n) is 1.17. The van der Waals surface area contributed by atoms with Gasteiger partial charge in [-0.05, 0) is 24.5 Å². The average molecular weight is 224 g/mol. The Balaban J connectivity index is 3.25. The van der Waals surface area contributed by atoms with Gasteiger partial charge in [-0.25, -0.2) is 8.42 Å². The van der Waals surface area contributed by atoms with Crippen molar-refractivity contribution in [3.63, 3.8) is 0 Å². The van der Waals surface area contributed by atoms with E-state index in [2.05, 4.69) is 11.2 Å². The lowest BCUT2D eigenvalue weighted by molar-refractivity contribution is 0.410. The zero-order chi connectivity index (χ0) is 11.5. The summed E-state index contributed by atoms with van der Waals surface area (Å²) in [6.07, 6.45) is 1.07. The van der Waals surface area contributed by atoms with Crippen molar-refractivity contribution in [2.24, 2.45) is 0 Å². The van der Waals surface area contributed by atoms with Crippen molar-refractivity contribution in [1.29, 1.82) is 0 Å². The van der Waals surface area contributed by atoms with Crippen LogP contribution in [0.5, 0.6) is 5.75 Å². The SMILES string of the molecule is COc1c(C)cccc1C#CS(C)(=O)=O. The maximum atomic E-state index is 10.9. The number of rotatable bonds is 1. The van der Waals surface area contributed by atoms with Gasteiger partial charge in [-0.15, -0.1) is 0 Å². The van der Waals surface area contributed by atoms with E-state index in [9.17, 15) is 8.42 Å².